The van der Waals surface area contributed by atoms with E-state index < -0.39 is 5.60 Å². The van der Waals surface area contributed by atoms with Gasteiger partial charge in [-0.15, -0.1) is 0 Å². The second-order valence-electron chi connectivity index (χ2n) is 6.46. The molecule has 3 rings (SSSR count). The van der Waals surface area contributed by atoms with Crippen LogP contribution in [0.4, 0.5) is 0 Å². The number of rotatable bonds is 3. The molecule has 0 spiro atoms. The van der Waals surface area contributed by atoms with Gasteiger partial charge in [0, 0.05) is 51.7 Å². The van der Waals surface area contributed by atoms with Crippen molar-refractivity contribution in [3.05, 3.63) is 30.1 Å². The molecule has 0 bridgehead atoms. The summed E-state index contributed by atoms with van der Waals surface area (Å²) >= 11 is 0. The number of hydrogen-bond donors (Lipinski definition) is 0. The van der Waals surface area contributed by atoms with Crippen LogP contribution in [0.3, 0.4) is 0 Å². The molecule has 2 aliphatic heterocycles. The van der Waals surface area contributed by atoms with Crippen LogP contribution in [-0.2, 0) is 16.1 Å². The minimum Gasteiger partial charge on any atom is -0.365 e. The molecule has 2 saturated heterocycles. The molecule has 0 unspecified atom stereocenters. The van der Waals surface area contributed by atoms with Crippen molar-refractivity contribution in [3.63, 3.8) is 0 Å². The Hall–Kier alpha value is -1.46. The minimum atomic E-state index is -0.583. The predicted octanol–water partition coefficient (Wildman–Crippen LogP) is 1.68. The highest BCUT2D eigenvalue weighted by Crippen LogP contribution is 2.27. The van der Waals surface area contributed by atoms with Crippen molar-refractivity contribution in [1.82, 2.24) is 14.8 Å². The highest BCUT2D eigenvalue weighted by molar-refractivity contribution is 5.85. The molecular formula is C17H25N3O2. The van der Waals surface area contributed by atoms with Gasteiger partial charge in [0.05, 0.1) is 0 Å². The van der Waals surface area contributed by atoms with Crippen LogP contribution in [-0.4, -0.2) is 59.1 Å². The van der Waals surface area contributed by atoms with Gasteiger partial charge in [0.1, 0.15) is 5.60 Å². The van der Waals surface area contributed by atoms with Crippen LogP contribution in [0.2, 0.25) is 0 Å². The molecule has 2 aliphatic rings. The van der Waals surface area contributed by atoms with Crippen LogP contribution in [0.25, 0.3) is 0 Å². The summed E-state index contributed by atoms with van der Waals surface area (Å²) in [5.74, 6) is 0.177. The molecule has 5 nitrogen and oxygen atoms in total. The lowest BCUT2D eigenvalue weighted by atomic mass is 10.0. The number of ether oxygens (including phenoxy) is 1. The fourth-order valence-electron chi connectivity index (χ4n) is 3.36. The van der Waals surface area contributed by atoms with Crippen LogP contribution in [0.15, 0.2) is 24.5 Å². The van der Waals surface area contributed by atoms with E-state index in [1.165, 1.54) is 5.56 Å². The Morgan fingerprint density at radius 3 is 2.77 bits per heavy atom. The molecule has 22 heavy (non-hydrogen) atoms. The Morgan fingerprint density at radius 2 is 2.05 bits per heavy atom. The van der Waals surface area contributed by atoms with E-state index in [-0.39, 0.29) is 5.91 Å². The molecule has 0 N–H and O–H groups in total. The van der Waals surface area contributed by atoms with E-state index in [4.69, 9.17) is 4.74 Å². The normalized spacial score (nSPS) is 26.9. The molecule has 0 radical (unpaired) electrons. The van der Waals surface area contributed by atoms with Crippen LogP contribution in [0, 0.1) is 0 Å². The summed E-state index contributed by atoms with van der Waals surface area (Å²) in [6, 6.07) is 4.11. The number of pyridine rings is 1. The van der Waals surface area contributed by atoms with Gasteiger partial charge < -0.3 is 9.64 Å². The first-order valence-corrected chi connectivity index (χ1v) is 8.22. The lowest BCUT2D eigenvalue weighted by molar-refractivity contribution is -0.150. The van der Waals surface area contributed by atoms with E-state index in [0.717, 1.165) is 52.0 Å². The lowest BCUT2D eigenvalue weighted by Crippen LogP contribution is -2.48. The van der Waals surface area contributed by atoms with Gasteiger partial charge in [-0.1, -0.05) is 0 Å². The van der Waals surface area contributed by atoms with Gasteiger partial charge in [-0.25, -0.2) is 0 Å². The van der Waals surface area contributed by atoms with Gasteiger partial charge in [0.15, 0.2) is 0 Å². The van der Waals surface area contributed by atoms with E-state index in [1.807, 2.05) is 24.2 Å². The fraction of sp³-hybridized carbons (Fsp3) is 0.647. The molecule has 1 atom stereocenters. The van der Waals surface area contributed by atoms with Gasteiger partial charge in [-0.05, 0) is 43.9 Å². The van der Waals surface area contributed by atoms with Gasteiger partial charge in [-0.2, -0.15) is 0 Å². The molecule has 1 aromatic rings. The van der Waals surface area contributed by atoms with E-state index >= 15 is 0 Å². The molecule has 3 heterocycles. The Bertz CT molecular complexity index is 500. The number of nitrogens with zero attached hydrogens (tertiary/aromatic N) is 3. The highest BCUT2D eigenvalue weighted by atomic mass is 16.5. The van der Waals surface area contributed by atoms with E-state index in [1.54, 1.807) is 0 Å². The zero-order valence-electron chi connectivity index (χ0n) is 13.3. The molecular weight excluding hydrogens is 278 g/mol. The summed E-state index contributed by atoms with van der Waals surface area (Å²) in [6.45, 7) is 7.17. The second kappa shape index (κ2) is 6.75. The Labute approximate surface area is 132 Å². The summed E-state index contributed by atoms with van der Waals surface area (Å²) in [5.41, 5.74) is 0.696. The van der Waals surface area contributed by atoms with E-state index in [2.05, 4.69) is 22.0 Å². The molecule has 5 heteroatoms. The summed E-state index contributed by atoms with van der Waals surface area (Å²) in [5, 5.41) is 0. The molecule has 1 amide bonds. The number of amides is 1. The predicted molar refractivity (Wildman–Crippen MR) is 84.3 cm³/mol. The fourth-order valence-corrected chi connectivity index (χ4v) is 3.36. The average molecular weight is 303 g/mol. The largest absolute Gasteiger partial charge is 0.365 e. The zero-order chi connectivity index (χ0) is 15.4. The first-order valence-electron chi connectivity index (χ1n) is 8.22. The lowest BCUT2D eigenvalue weighted by Gasteiger charge is -2.30. The number of carbonyl (C=O) groups is 1. The molecule has 0 aliphatic carbocycles. The van der Waals surface area contributed by atoms with Gasteiger partial charge in [-0.3, -0.25) is 14.7 Å². The third-order valence-electron chi connectivity index (χ3n) is 4.70. The van der Waals surface area contributed by atoms with E-state index in [0.29, 0.717) is 6.61 Å². The van der Waals surface area contributed by atoms with E-state index in [9.17, 15) is 4.79 Å². The van der Waals surface area contributed by atoms with Crippen molar-refractivity contribution >= 4 is 5.91 Å². The first kappa shape index (κ1) is 15.4. The maximum atomic E-state index is 12.7. The number of aromatic nitrogens is 1. The summed E-state index contributed by atoms with van der Waals surface area (Å²) in [7, 11) is 0. The topological polar surface area (TPSA) is 45.7 Å². The maximum Gasteiger partial charge on any atom is 0.254 e. The molecule has 0 aromatic carbocycles. The van der Waals surface area contributed by atoms with Gasteiger partial charge in [0.2, 0.25) is 0 Å². The number of hydrogen-bond acceptors (Lipinski definition) is 4. The van der Waals surface area contributed by atoms with Crippen molar-refractivity contribution in [2.45, 2.75) is 38.3 Å². The van der Waals surface area contributed by atoms with Crippen LogP contribution >= 0.6 is 0 Å². The van der Waals surface area contributed by atoms with Crippen LogP contribution < -0.4 is 0 Å². The van der Waals surface area contributed by atoms with Crippen molar-refractivity contribution in [2.75, 3.05) is 32.8 Å². The molecule has 1 aromatic heterocycles. The Kier molecular flexibility index (Phi) is 4.74. The standard InChI is InChI=1S/C17H25N3O2/c1-17(6-2-13-22-17)16(21)20-10-3-9-19(11-12-20)14-15-4-7-18-8-5-15/h4-5,7-8H,2-3,6,9-14H2,1H3/t17-/m0/s1. The first-order chi connectivity index (χ1) is 10.7. The van der Waals surface area contributed by atoms with Crippen molar-refractivity contribution in [2.24, 2.45) is 0 Å². The average Bonchev–Trinajstić information content (AvgIpc) is 2.86. The van der Waals surface area contributed by atoms with Crippen molar-refractivity contribution in [3.8, 4) is 0 Å². The minimum absolute atomic E-state index is 0.177. The maximum absolute atomic E-state index is 12.7. The number of carbonyl (C=O) groups excluding carboxylic acids is 1. The van der Waals surface area contributed by atoms with Crippen LogP contribution in [0.1, 0.15) is 31.7 Å². The third-order valence-corrected chi connectivity index (χ3v) is 4.70. The molecule has 0 saturated carbocycles. The third kappa shape index (κ3) is 3.47. The summed E-state index contributed by atoms with van der Waals surface area (Å²) < 4.78 is 5.71. The van der Waals surface area contributed by atoms with Crippen molar-refractivity contribution < 1.29 is 9.53 Å². The smallest absolute Gasteiger partial charge is 0.254 e. The zero-order valence-corrected chi connectivity index (χ0v) is 13.3. The van der Waals surface area contributed by atoms with Gasteiger partial charge in [0.25, 0.3) is 5.91 Å². The van der Waals surface area contributed by atoms with Gasteiger partial charge >= 0.3 is 0 Å². The highest BCUT2D eigenvalue weighted by Gasteiger charge is 2.40. The SMILES string of the molecule is C[C@@]1(C(=O)N2CCCN(Cc3ccncc3)CC2)CCCO1. The Balaban J connectivity index is 1.57. The second-order valence-corrected chi connectivity index (χ2v) is 6.46. The molecule has 2 fully saturated rings. The quantitative estimate of drug-likeness (QED) is 0.852. The Morgan fingerprint density at radius 1 is 1.23 bits per heavy atom. The van der Waals surface area contributed by atoms with Crippen LogP contribution in [0.5, 0.6) is 0 Å². The monoisotopic (exact) mass is 303 g/mol. The summed E-state index contributed by atoms with van der Waals surface area (Å²) in [4.78, 5) is 21.2. The summed E-state index contributed by atoms with van der Waals surface area (Å²) in [6.07, 6.45) is 6.53. The molecule has 120 valence electrons. The van der Waals surface area contributed by atoms with Crippen molar-refractivity contribution in [1.29, 1.82) is 0 Å².